The molecule has 148 valence electrons. The van der Waals surface area contributed by atoms with E-state index in [2.05, 4.69) is 4.90 Å². The summed E-state index contributed by atoms with van der Waals surface area (Å²) in [6.45, 7) is 2.76. The smallest absolute Gasteiger partial charge is 0.259 e. The van der Waals surface area contributed by atoms with E-state index in [0.717, 1.165) is 48.0 Å². The first-order valence-corrected chi connectivity index (χ1v) is 10.8. The van der Waals surface area contributed by atoms with E-state index in [0.29, 0.717) is 13.2 Å². The number of aromatic nitrogens is 2. The molecule has 0 aliphatic heterocycles. The van der Waals surface area contributed by atoms with E-state index in [1.165, 1.54) is 22.6 Å². The highest BCUT2D eigenvalue weighted by Crippen LogP contribution is 2.28. The summed E-state index contributed by atoms with van der Waals surface area (Å²) in [4.78, 5) is 22.0. The molecule has 2 aromatic heterocycles. The Hall–Kier alpha value is -1.73. The van der Waals surface area contributed by atoms with Gasteiger partial charge in [0.05, 0.1) is 12.3 Å². The zero-order valence-corrected chi connectivity index (χ0v) is 17.6. The van der Waals surface area contributed by atoms with Gasteiger partial charge < -0.3 is 4.74 Å². The van der Waals surface area contributed by atoms with Crippen LogP contribution >= 0.6 is 22.9 Å². The van der Waals surface area contributed by atoms with Gasteiger partial charge in [0, 0.05) is 48.4 Å². The molecule has 0 saturated carbocycles. The van der Waals surface area contributed by atoms with E-state index in [-0.39, 0.29) is 5.56 Å². The van der Waals surface area contributed by atoms with Gasteiger partial charge >= 0.3 is 0 Å². The molecular formula is C21H24ClN3O2S. The third-order valence-electron chi connectivity index (χ3n) is 5.13. The number of rotatable bonds is 7. The zero-order valence-electron chi connectivity index (χ0n) is 16.0. The van der Waals surface area contributed by atoms with Gasteiger partial charge in [-0.1, -0.05) is 23.7 Å². The summed E-state index contributed by atoms with van der Waals surface area (Å²) < 4.78 is 7.09. The summed E-state index contributed by atoms with van der Waals surface area (Å²) in [6.07, 6.45) is 4.40. The van der Waals surface area contributed by atoms with Crippen molar-refractivity contribution in [1.29, 1.82) is 0 Å². The molecule has 0 spiro atoms. The zero-order chi connectivity index (χ0) is 19.5. The highest BCUT2D eigenvalue weighted by molar-refractivity contribution is 7.17. The van der Waals surface area contributed by atoms with Crippen molar-refractivity contribution in [3.8, 4) is 0 Å². The molecule has 5 nitrogen and oxygen atoms in total. The second kappa shape index (κ2) is 8.74. The number of fused-ring (bicyclic) bond motifs is 3. The molecule has 2 heterocycles. The van der Waals surface area contributed by atoms with Crippen LogP contribution in [0.4, 0.5) is 0 Å². The van der Waals surface area contributed by atoms with E-state index < -0.39 is 0 Å². The van der Waals surface area contributed by atoms with E-state index in [9.17, 15) is 4.79 Å². The Morgan fingerprint density at radius 2 is 2.00 bits per heavy atom. The van der Waals surface area contributed by atoms with Crippen molar-refractivity contribution in [3.63, 3.8) is 0 Å². The van der Waals surface area contributed by atoms with Gasteiger partial charge in [0.25, 0.3) is 5.56 Å². The molecule has 28 heavy (non-hydrogen) atoms. The van der Waals surface area contributed by atoms with Crippen LogP contribution in [0.3, 0.4) is 0 Å². The van der Waals surface area contributed by atoms with Crippen molar-refractivity contribution < 1.29 is 4.74 Å². The Bertz CT molecular complexity index is 1010. The Kier molecular flexibility index (Phi) is 6.11. The lowest BCUT2D eigenvalue weighted by Crippen LogP contribution is -2.28. The summed E-state index contributed by atoms with van der Waals surface area (Å²) in [6, 6.07) is 9.55. The monoisotopic (exact) mass is 417 g/mol. The average molecular weight is 418 g/mol. The SMILES string of the molecule is COCCN(Cc1ccc(Cl)cc1)Cc1cc(=O)n2c3c(sc2n1)CCCC3. The Morgan fingerprint density at radius 1 is 1.21 bits per heavy atom. The molecule has 0 fully saturated rings. The molecule has 0 unspecified atom stereocenters. The maximum Gasteiger partial charge on any atom is 0.259 e. The van der Waals surface area contributed by atoms with E-state index >= 15 is 0 Å². The third kappa shape index (κ3) is 4.30. The predicted octanol–water partition coefficient (Wildman–Crippen LogP) is 3.94. The maximum atomic E-state index is 12.8. The minimum atomic E-state index is 0.0394. The van der Waals surface area contributed by atoms with Crippen LogP contribution in [0.25, 0.3) is 4.96 Å². The number of benzene rings is 1. The fourth-order valence-corrected chi connectivity index (χ4v) is 5.09. The van der Waals surface area contributed by atoms with Crippen molar-refractivity contribution >= 4 is 27.9 Å². The number of halogens is 1. The molecule has 3 aromatic rings. The second-order valence-electron chi connectivity index (χ2n) is 7.21. The van der Waals surface area contributed by atoms with E-state index in [4.69, 9.17) is 21.3 Å². The molecule has 0 atom stereocenters. The van der Waals surface area contributed by atoms with Crippen LogP contribution in [0.5, 0.6) is 0 Å². The summed E-state index contributed by atoms with van der Waals surface area (Å²) in [7, 11) is 1.70. The van der Waals surface area contributed by atoms with Crippen molar-refractivity contribution in [3.05, 3.63) is 67.5 Å². The lowest BCUT2D eigenvalue weighted by atomic mass is 10.0. The lowest BCUT2D eigenvalue weighted by Gasteiger charge is -2.21. The van der Waals surface area contributed by atoms with Gasteiger partial charge in [-0.3, -0.25) is 14.1 Å². The number of aryl methyl sites for hydroxylation is 2. The van der Waals surface area contributed by atoms with E-state index in [1.54, 1.807) is 24.5 Å². The summed E-state index contributed by atoms with van der Waals surface area (Å²) in [5.41, 5.74) is 3.20. The van der Waals surface area contributed by atoms with Crippen molar-refractivity contribution in [1.82, 2.24) is 14.3 Å². The minimum Gasteiger partial charge on any atom is -0.383 e. The highest BCUT2D eigenvalue weighted by Gasteiger charge is 2.19. The molecule has 0 N–H and O–H groups in total. The Labute approximate surface area is 173 Å². The number of ether oxygens (including phenoxy) is 1. The normalized spacial score (nSPS) is 14.0. The quantitative estimate of drug-likeness (QED) is 0.584. The standard InChI is InChI=1S/C21H24ClN3O2S/c1-27-11-10-24(13-15-6-8-16(22)9-7-15)14-17-12-20(26)25-18-4-2-3-5-19(18)28-21(25)23-17/h6-9,12H,2-5,10-11,13-14H2,1H3. The minimum absolute atomic E-state index is 0.0394. The summed E-state index contributed by atoms with van der Waals surface area (Å²) in [5.74, 6) is 0. The highest BCUT2D eigenvalue weighted by atomic mass is 35.5. The van der Waals surface area contributed by atoms with Crippen molar-refractivity contribution in [2.45, 2.75) is 38.8 Å². The molecule has 0 bridgehead atoms. The van der Waals surface area contributed by atoms with Gasteiger partial charge in [0.15, 0.2) is 4.96 Å². The number of hydrogen-bond acceptors (Lipinski definition) is 5. The largest absolute Gasteiger partial charge is 0.383 e. The van der Waals surface area contributed by atoms with Crippen molar-refractivity contribution in [2.24, 2.45) is 0 Å². The lowest BCUT2D eigenvalue weighted by molar-refractivity contribution is 0.139. The molecule has 7 heteroatoms. The van der Waals surface area contributed by atoms with Crippen LogP contribution in [-0.2, 0) is 30.7 Å². The second-order valence-corrected chi connectivity index (χ2v) is 8.71. The van der Waals surface area contributed by atoms with Crippen LogP contribution < -0.4 is 5.56 Å². The summed E-state index contributed by atoms with van der Waals surface area (Å²) >= 11 is 7.67. The van der Waals surface area contributed by atoms with Crippen LogP contribution in [0.2, 0.25) is 5.02 Å². The van der Waals surface area contributed by atoms with Gasteiger partial charge in [-0.05, 0) is 43.4 Å². The van der Waals surface area contributed by atoms with Crippen LogP contribution in [0.1, 0.15) is 34.7 Å². The molecular weight excluding hydrogens is 394 g/mol. The Morgan fingerprint density at radius 3 is 2.79 bits per heavy atom. The first-order chi connectivity index (χ1) is 13.6. The van der Waals surface area contributed by atoms with E-state index in [1.807, 2.05) is 28.7 Å². The summed E-state index contributed by atoms with van der Waals surface area (Å²) in [5, 5.41) is 0.731. The molecule has 1 aromatic carbocycles. The Balaban J connectivity index is 1.59. The molecule has 0 radical (unpaired) electrons. The topological polar surface area (TPSA) is 46.8 Å². The molecule has 1 aliphatic rings. The molecule has 0 amide bonds. The third-order valence-corrected chi connectivity index (χ3v) is 6.53. The number of nitrogens with zero attached hydrogens (tertiary/aromatic N) is 3. The van der Waals surface area contributed by atoms with Crippen LogP contribution in [-0.4, -0.2) is 34.5 Å². The molecule has 0 saturated heterocycles. The predicted molar refractivity (Wildman–Crippen MR) is 113 cm³/mol. The first kappa shape index (κ1) is 19.6. The molecule has 1 aliphatic carbocycles. The molecule has 4 rings (SSSR count). The van der Waals surface area contributed by atoms with Gasteiger partial charge in [-0.25, -0.2) is 4.98 Å². The van der Waals surface area contributed by atoms with Gasteiger partial charge in [0.1, 0.15) is 0 Å². The van der Waals surface area contributed by atoms with Crippen molar-refractivity contribution in [2.75, 3.05) is 20.3 Å². The van der Waals surface area contributed by atoms with Gasteiger partial charge in [-0.15, -0.1) is 11.3 Å². The number of methoxy groups -OCH3 is 1. The van der Waals surface area contributed by atoms with Gasteiger partial charge in [0.2, 0.25) is 0 Å². The van der Waals surface area contributed by atoms with Gasteiger partial charge in [-0.2, -0.15) is 0 Å². The number of thiazole rings is 1. The maximum absolute atomic E-state index is 12.8. The first-order valence-electron chi connectivity index (χ1n) is 9.63. The average Bonchev–Trinajstić information content (AvgIpc) is 3.06. The van der Waals surface area contributed by atoms with Crippen LogP contribution in [0, 0.1) is 0 Å². The fraction of sp³-hybridized carbons (Fsp3) is 0.429. The fourth-order valence-electron chi connectivity index (χ4n) is 3.73. The van der Waals surface area contributed by atoms with Crippen LogP contribution in [0.15, 0.2) is 35.1 Å². The number of hydrogen-bond donors (Lipinski definition) is 0.